The first-order valence-corrected chi connectivity index (χ1v) is 14.4. The van der Waals surface area contributed by atoms with Gasteiger partial charge in [0.05, 0.1) is 36.0 Å². The Balaban J connectivity index is 1.10. The summed E-state index contributed by atoms with van der Waals surface area (Å²) < 4.78 is 52.5. The van der Waals surface area contributed by atoms with Gasteiger partial charge in [0.1, 0.15) is 17.2 Å². The molecule has 41 heavy (non-hydrogen) atoms. The molecule has 6 heterocycles. The molecule has 0 spiro atoms. The van der Waals surface area contributed by atoms with Crippen LogP contribution in [0, 0.1) is 0 Å². The van der Waals surface area contributed by atoms with Crippen LogP contribution in [0.5, 0.6) is 5.75 Å². The number of benzene rings is 1. The predicted octanol–water partition coefficient (Wildman–Crippen LogP) is 4.77. The first-order valence-electron chi connectivity index (χ1n) is 14.4. The van der Waals surface area contributed by atoms with Gasteiger partial charge in [0.25, 0.3) is 5.91 Å². The van der Waals surface area contributed by atoms with Crippen LogP contribution in [0.3, 0.4) is 0 Å². The van der Waals surface area contributed by atoms with Gasteiger partial charge in [-0.05, 0) is 38.3 Å². The first kappa shape index (κ1) is 26.4. The third kappa shape index (κ3) is 4.66. The second-order valence-corrected chi connectivity index (χ2v) is 11.3. The van der Waals surface area contributed by atoms with Gasteiger partial charge in [0, 0.05) is 73.8 Å². The van der Waals surface area contributed by atoms with E-state index in [2.05, 4.69) is 25.5 Å². The Morgan fingerprint density at radius 3 is 2.73 bits per heavy atom. The lowest BCUT2D eigenvalue weighted by Gasteiger charge is -2.40. The molecular weight excluding hydrogens is 537 g/mol. The van der Waals surface area contributed by atoms with Gasteiger partial charge < -0.3 is 30.0 Å². The number of amides is 1. The summed E-state index contributed by atoms with van der Waals surface area (Å²) in [5.41, 5.74) is 1.81. The summed E-state index contributed by atoms with van der Waals surface area (Å²) in [6.07, 6.45) is 0.477. The van der Waals surface area contributed by atoms with Crippen LogP contribution < -0.4 is 15.4 Å². The van der Waals surface area contributed by atoms with Crippen LogP contribution in [0.25, 0.3) is 11.0 Å². The smallest absolute Gasteiger partial charge is 0.418 e. The minimum atomic E-state index is -4.51. The van der Waals surface area contributed by atoms with Gasteiger partial charge in [-0.2, -0.15) is 13.2 Å². The fourth-order valence-corrected chi connectivity index (χ4v) is 6.93. The summed E-state index contributed by atoms with van der Waals surface area (Å²) >= 11 is 0. The average Bonchev–Trinajstić information content (AvgIpc) is 3.77. The Morgan fingerprint density at radius 2 is 2.02 bits per heavy atom. The second kappa shape index (κ2) is 10.1. The van der Waals surface area contributed by atoms with Crippen LogP contribution in [0.15, 0.2) is 24.4 Å². The van der Waals surface area contributed by atoms with E-state index in [4.69, 9.17) is 9.47 Å². The van der Waals surface area contributed by atoms with Gasteiger partial charge in [0.15, 0.2) is 0 Å². The van der Waals surface area contributed by atoms with E-state index in [9.17, 15) is 18.0 Å². The number of carbonyl (C=O) groups is 1. The van der Waals surface area contributed by atoms with E-state index in [1.165, 1.54) is 0 Å². The Labute approximate surface area is 235 Å². The predicted molar refractivity (Wildman–Crippen MR) is 148 cm³/mol. The number of pyridine rings is 1. The SMILES string of the molecule is CCNc1cc(Nc2ccc(C(=O)N3CCC(N4C[C@H]5C[C@@H]4CO5)CC3)c3c2OCC3)nc2[nH]cc(C(F)(F)F)c12. The molecule has 9 nitrogen and oxygen atoms in total. The lowest BCUT2D eigenvalue weighted by Crippen LogP contribution is -2.50. The Bertz CT molecular complexity index is 1480. The molecular formula is C29H33F3N6O3. The first-order chi connectivity index (χ1) is 19.8. The fraction of sp³-hybridized carbons (Fsp3) is 0.517. The molecule has 3 aromatic rings. The average molecular weight is 571 g/mol. The zero-order valence-electron chi connectivity index (χ0n) is 22.8. The molecule has 0 aliphatic carbocycles. The highest BCUT2D eigenvalue weighted by Gasteiger charge is 2.43. The maximum atomic E-state index is 13.6. The summed E-state index contributed by atoms with van der Waals surface area (Å²) in [6.45, 7) is 6.01. The number of morpholine rings is 1. The van der Waals surface area contributed by atoms with Crippen molar-refractivity contribution >= 4 is 34.1 Å². The highest BCUT2D eigenvalue weighted by atomic mass is 19.4. The van der Waals surface area contributed by atoms with Crippen molar-refractivity contribution in [2.75, 3.05) is 50.0 Å². The number of nitrogens with zero attached hydrogens (tertiary/aromatic N) is 3. The number of H-pyrrole nitrogens is 1. The summed E-state index contributed by atoms with van der Waals surface area (Å²) in [5, 5.41) is 6.25. The molecule has 218 valence electrons. The topological polar surface area (TPSA) is 94.8 Å². The summed E-state index contributed by atoms with van der Waals surface area (Å²) in [5.74, 6) is 0.972. The minimum Gasteiger partial charge on any atom is -0.491 e. The van der Waals surface area contributed by atoms with Gasteiger partial charge >= 0.3 is 6.18 Å². The molecule has 3 N–H and O–H groups in total. The lowest BCUT2D eigenvalue weighted by atomic mass is 9.98. The number of halogens is 3. The number of aromatic nitrogens is 2. The molecule has 0 radical (unpaired) electrons. The molecule has 3 saturated heterocycles. The van der Waals surface area contributed by atoms with Crippen LogP contribution in [-0.4, -0.2) is 83.3 Å². The van der Waals surface area contributed by atoms with E-state index in [0.717, 1.165) is 57.3 Å². The zero-order chi connectivity index (χ0) is 28.3. The van der Waals surface area contributed by atoms with E-state index in [0.29, 0.717) is 66.3 Å². The monoisotopic (exact) mass is 570 g/mol. The third-order valence-electron chi connectivity index (χ3n) is 8.83. The lowest BCUT2D eigenvalue weighted by molar-refractivity contribution is -0.136. The summed E-state index contributed by atoms with van der Waals surface area (Å²) in [7, 11) is 0. The molecule has 0 saturated carbocycles. The van der Waals surface area contributed by atoms with E-state index in [-0.39, 0.29) is 16.9 Å². The van der Waals surface area contributed by atoms with Crippen molar-refractivity contribution in [2.24, 2.45) is 0 Å². The molecule has 4 aliphatic rings. The standard InChI is InChI=1S/C29H33F3N6O3/c1-2-33-23-12-24(36-27-25(23)21(13-34-27)29(30,31)32)35-22-4-3-20(19-7-10-40-26(19)22)28(39)37-8-5-16(6-9-37)38-14-18-11-17(38)15-41-18/h3-4,12-13,16-18H,2,5-11,14-15H2,1H3,(H3,33,34,35,36)/t17-,18-/m1/s1. The highest BCUT2D eigenvalue weighted by Crippen LogP contribution is 2.42. The van der Waals surface area contributed by atoms with Crippen molar-refractivity contribution in [3.8, 4) is 5.75 Å². The number of ether oxygens (including phenoxy) is 2. The maximum Gasteiger partial charge on any atom is 0.418 e. The Morgan fingerprint density at radius 1 is 1.20 bits per heavy atom. The highest BCUT2D eigenvalue weighted by molar-refractivity contribution is 5.98. The van der Waals surface area contributed by atoms with Gasteiger partial charge in [-0.3, -0.25) is 9.69 Å². The van der Waals surface area contributed by atoms with Crippen molar-refractivity contribution in [3.63, 3.8) is 0 Å². The molecule has 0 unspecified atom stereocenters. The van der Waals surface area contributed by atoms with Gasteiger partial charge in [-0.1, -0.05) is 0 Å². The van der Waals surface area contributed by atoms with E-state index >= 15 is 0 Å². The van der Waals surface area contributed by atoms with Crippen molar-refractivity contribution in [3.05, 3.63) is 41.1 Å². The number of alkyl halides is 3. The molecule has 1 aromatic carbocycles. The summed E-state index contributed by atoms with van der Waals surface area (Å²) in [6, 6.07) is 6.21. The van der Waals surface area contributed by atoms with E-state index in [1.807, 2.05) is 17.9 Å². The number of fused-ring (bicyclic) bond motifs is 4. The number of hydrogen-bond acceptors (Lipinski definition) is 7. The number of nitrogens with one attached hydrogen (secondary N) is 3. The van der Waals surface area contributed by atoms with Crippen LogP contribution in [0.4, 0.5) is 30.4 Å². The molecule has 1 amide bonds. The number of piperidine rings is 1. The quantitative estimate of drug-likeness (QED) is 0.393. The van der Waals surface area contributed by atoms with Gasteiger partial charge in [-0.25, -0.2) is 4.98 Å². The molecule has 4 aliphatic heterocycles. The van der Waals surface area contributed by atoms with E-state index in [1.54, 1.807) is 12.1 Å². The molecule has 2 aromatic heterocycles. The normalized spacial score (nSPS) is 22.8. The molecule has 2 bridgehead atoms. The van der Waals surface area contributed by atoms with Crippen molar-refractivity contribution in [2.45, 2.75) is 57.0 Å². The number of anilines is 3. The number of hydrogen-bond donors (Lipinski definition) is 3. The van der Waals surface area contributed by atoms with Gasteiger partial charge in [-0.15, -0.1) is 0 Å². The molecule has 3 fully saturated rings. The number of carbonyl (C=O) groups excluding carboxylic acids is 1. The second-order valence-electron chi connectivity index (χ2n) is 11.3. The molecule has 12 heteroatoms. The van der Waals surface area contributed by atoms with Gasteiger partial charge in [0.2, 0.25) is 0 Å². The Hall–Kier alpha value is -3.51. The van der Waals surface area contributed by atoms with Crippen molar-refractivity contribution in [1.82, 2.24) is 19.8 Å². The van der Waals surface area contributed by atoms with Crippen LogP contribution in [0.1, 0.15) is 47.7 Å². The number of rotatable bonds is 6. The van der Waals surface area contributed by atoms with Crippen molar-refractivity contribution in [1.29, 1.82) is 0 Å². The zero-order valence-corrected chi connectivity index (χ0v) is 22.8. The van der Waals surface area contributed by atoms with E-state index < -0.39 is 11.7 Å². The van der Waals surface area contributed by atoms with Crippen LogP contribution >= 0.6 is 0 Å². The molecule has 2 atom stereocenters. The number of likely N-dealkylation sites (tertiary alicyclic amines) is 2. The minimum absolute atomic E-state index is 0.00154. The maximum absolute atomic E-state index is 13.6. The Kier molecular flexibility index (Phi) is 6.50. The van der Waals surface area contributed by atoms with Crippen LogP contribution in [0.2, 0.25) is 0 Å². The molecule has 7 rings (SSSR count). The van der Waals surface area contributed by atoms with Crippen molar-refractivity contribution < 1.29 is 27.4 Å². The summed E-state index contributed by atoms with van der Waals surface area (Å²) in [4.78, 5) is 25.2. The number of aromatic amines is 1. The van der Waals surface area contributed by atoms with Crippen LogP contribution in [-0.2, 0) is 17.3 Å². The largest absolute Gasteiger partial charge is 0.491 e. The fourth-order valence-electron chi connectivity index (χ4n) is 6.93. The third-order valence-corrected chi connectivity index (χ3v) is 8.83.